The third kappa shape index (κ3) is 3.16. The van der Waals surface area contributed by atoms with Crippen LogP contribution >= 0.6 is 0 Å². The summed E-state index contributed by atoms with van der Waals surface area (Å²) in [5, 5.41) is 8.53. The van der Waals surface area contributed by atoms with Crippen molar-refractivity contribution in [3.05, 3.63) is 24.3 Å². The van der Waals surface area contributed by atoms with Gasteiger partial charge in [-0.15, -0.1) is 0 Å². The number of nitrogens with zero attached hydrogens (tertiary/aromatic N) is 3. The van der Waals surface area contributed by atoms with Crippen LogP contribution in [0, 0.1) is 11.3 Å². The van der Waals surface area contributed by atoms with Crippen molar-refractivity contribution in [2.45, 2.75) is 6.42 Å². The number of nitriles is 1. The molecule has 100 valence electrons. The molecule has 0 bridgehead atoms. The van der Waals surface area contributed by atoms with Crippen molar-refractivity contribution in [2.24, 2.45) is 0 Å². The smallest absolute Gasteiger partial charge is 0.236 e. The van der Waals surface area contributed by atoms with Gasteiger partial charge in [-0.25, -0.2) is 0 Å². The van der Waals surface area contributed by atoms with Crippen molar-refractivity contribution < 1.29 is 9.53 Å². The van der Waals surface area contributed by atoms with E-state index in [1.807, 2.05) is 30.3 Å². The monoisotopic (exact) mass is 259 g/mol. The number of carbonyl (C=O) groups is 1. The molecule has 0 aromatic heterocycles. The zero-order valence-electron chi connectivity index (χ0n) is 11.0. The Balaban J connectivity index is 1.96. The van der Waals surface area contributed by atoms with Gasteiger partial charge in [-0.05, 0) is 12.1 Å². The molecule has 19 heavy (non-hydrogen) atoms. The maximum atomic E-state index is 11.6. The summed E-state index contributed by atoms with van der Waals surface area (Å²) in [5.74, 6) is 0.758. The second kappa shape index (κ2) is 6.10. The molecule has 2 rings (SSSR count). The van der Waals surface area contributed by atoms with Crippen LogP contribution < -0.4 is 9.64 Å². The molecule has 1 heterocycles. The first-order chi connectivity index (χ1) is 9.24. The maximum absolute atomic E-state index is 11.6. The van der Waals surface area contributed by atoms with Crippen LogP contribution in [0.1, 0.15) is 6.42 Å². The molecule has 0 atom stereocenters. The predicted octanol–water partition coefficient (Wildman–Crippen LogP) is 1.26. The summed E-state index contributed by atoms with van der Waals surface area (Å²) in [6.07, 6.45) is -0.0286. The van der Waals surface area contributed by atoms with Gasteiger partial charge in [0.25, 0.3) is 0 Å². The van der Waals surface area contributed by atoms with Gasteiger partial charge in [-0.2, -0.15) is 5.26 Å². The Morgan fingerprint density at radius 2 is 2.11 bits per heavy atom. The molecule has 0 radical (unpaired) electrons. The fourth-order valence-electron chi connectivity index (χ4n) is 2.20. The Labute approximate surface area is 113 Å². The highest BCUT2D eigenvalue weighted by atomic mass is 16.5. The van der Waals surface area contributed by atoms with Crippen LogP contribution in [0.5, 0.6) is 5.75 Å². The summed E-state index contributed by atoms with van der Waals surface area (Å²) in [5.41, 5.74) is 1.10. The quantitative estimate of drug-likeness (QED) is 0.820. The number of methoxy groups -OCH3 is 1. The Morgan fingerprint density at radius 3 is 2.74 bits per heavy atom. The molecular formula is C14H17N3O2. The lowest BCUT2D eigenvalue weighted by Crippen LogP contribution is -2.48. The highest BCUT2D eigenvalue weighted by molar-refractivity contribution is 5.78. The largest absolute Gasteiger partial charge is 0.497 e. The van der Waals surface area contributed by atoms with E-state index in [0.29, 0.717) is 13.1 Å². The fraction of sp³-hybridized carbons (Fsp3) is 0.429. The van der Waals surface area contributed by atoms with E-state index in [1.54, 1.807) is 12.0 Å². The second-order valence-electron chi connectivity index (χ2n) is 4.40. The number of anilines is 1. The lowest BCUT2D eigenvalue weighted by Gasteiger charge is -2.35. The van der Waals surface area contributed by atoms with Gasteiger partial charge >= 0.3 is 0 Å². The van der Waals surface area contributed by atoms with Crippen LogP contribution in [0.2, 0.25) is 0 Å². The SMILES string of the molecule is COc1cccc(N2CCN(C(=O)CC#N)CC2)c1. The third-order valence-electron chi connectivity index (χ3n) is 3.28. The molecule has 1 amide bonds. The van der Waals surface area contributed by atoms with Gasteiger partial charge in [0.15, 0.2) is 0 Å². The summed E-state index contributed by atoms with van der Waals surface area (Å²) in [6, 6.07) is 9.80. The molecule has 5 heteroatoms. The molecule has 1 aromatic carbocycles. The van der Waals surface area contributed by atoms with Crippen LogP contribution in [-0.4, -0.2) is 44.1 Å². The Bertz CT molecular complexity index is 488. The number of amides is 1. The molecule has 1 fully saturated rings. The van der Waals surface area contributed by atoms with Gasteiger partial charge in [-0.1, -0.05) is 6.07 Å². The highest BCUT2D eigenvalue weighted by Crippen LogP contribution is 2.22. The number of ether oxygens (including phenoxy) is 1. The fourth-order valence-corrected chi connectivity index (χ4v) is 2.20. The molecule has 0 spiro atoms. The summed E-state index contributed by atoms with van der Waals surface area (Å²) in [4.78, 5) is 15.6. The standard InChI is InChI=1S/C14H17N3O2/c1-19-13-4-2-3-12(11-13)16-7-9-17(10-8-16)14(18)5-6-15/h2-4,11H,5,7-10H2,1H3. The van der Waals surface area contributed by atoms with Crippen molar-refractivity contribution >= 4 is 11.6 Å². The van der Waals surface area contributed by atoms with Gasteiger partial charge < -0.3 is 14.5 Å². The summed E-state index contributed by atoms with van der Waals surface area (Å²) in [7, 11) is 1.65. The average molecular weight is 259 g/mol. The highest BCUT2D eigenvalue weighted by Gasteiger charge is 2.20. The molecular weight excluding hydrogens is 242 g/mol. The maximum Gasteiger partial charge on any atom is 0.236 e. The van der Waals surface area contributed by atoms with Gasteiger partial charge in [-0.3, -0.25) is 4.79 Å². The molecule has 1 aromatic rings. The summed E-state index contributed by atoms with van der Waals surface area (Å²) < 4.78 is 5.21. The van der Waals surface area contributed by atoms with E-state index in [-0.39, 0.29) is 12.3 Å². The molecule has 0 aliphatic carbocycles. The molecule has 0 unspecified atom stereocenters. The summed E-state index contributed by atoms with van der Waals surface area (Å²) >= 11 is 0. The van der Waals surface area contributed by atoms with Gasteiger partial charge in [0, 0.05) is 37.9 Å². The number of hydrogen-bond acceptors (Lipinski definition) is 4. The minimum Gasteiger partial charge on any atom is -0.497 e. The lowest BCUT2D eigenvalue weighted by atomic mass is 10.2. The Kier molecular flexibility index (Phi) is 4.24. The van der Waals surface area contributed by atoms with Gasteiger partial charge in [0.2, 0.25) is 5.91 Å². The van der Waals surface area contributed by atoms with Crippen LogP contribution in [0.3, 0.4) is 0 Å². The first kappa shape index (κ1) is 13.2. The number of rotatable bonds is 3. The van der Waals surface area contributed by atoms with Crippen molar-refractivity contribution in [3.63, 3.8) is 0 Å². The van der Waals surface area contributed by atoms with Gasteiger partial charge in [0.1, 0.15) is 12.2 Å². The second-order valence-corrected chi connectivity index (χ2v) is 4.40. The molecule has 1 aliphatic rings. The number of hydrogen-bond donors (Lipinski definition) is 0. The molecule has 0 N–H and O–H groups in total. The van der Waals surface area contributed by atoms with E-state index < -0.39 is 0 Å². The Hall–Kier alpha value is -2.22. The van der Waals surface area contributed by atoms with E-state index in [4.69, 9.17) is 10.00 Å². The van der Waals surface area contributed by atoms with Crippen LogP contribution in [-0.2, 0) is 4.79 Å². The van der Waals surface area contributed by atoms with E-state index in [1.165, 1.54) is 0 Å². The Morgan fingerprint density at radius 1 is 1.37 bits per heavy atom. The van der Waals surface area contributed by atoms with E-state index >= 15 is 0 Å². The first-order valence-corrected chi connectivity index (χ1v) is 6.28. The van der Waals surface area contributed by atoms with Crippen molar-refractivity contribution in [1.82, 2.24) is 4.90 Å². The van der Waals surface area contributed by atoms with Crippen molar-refractivity contribution in [3.8, 4) is 11.8 Å². The minimum atomic E-state index is -0.0761. The molecule has 5 nitrogen and oxygen atoms in total. The van der Waals surface area contributed by atoms with Crippen molar-refractivity contribution in [1.29, 1.82) is 5.26 Å². The third-order valence-corrected chi connectivity index (χ3v) is 3.28. The van der Waals surface area contributed by atoms with E-state index in [9.17, 15) is 4.79 Å². The van der Waals surface area contributed by atoms with Crippen LogP contribution in [0.15, 0.2) is 24.3 Å². The van der Waals surface area contributed by atoms with Crippen LogP contribution in [0.25, 0.3) is 0 Å². The molecule has 1 aliphatic heterocycles. The topological polar surface area (TPSA) is 56.6 Å². The minimum absolute atomic E-state index is 0.0286. The molecule has 1 saturated heterocycles. The predicted molar refractivity (Wildman–Crippen MR) is 72.0 cm³/mol. The van der Waals surface area contributed by atoms with Crippen LogP contribution in [0.4, 0.5) is 5.69 Å². The zero-order valence-corrected chi connectivity index (χ0v) is 11.0. The van der Waals surface area contributed by atoms with E-state index in [0.717, 1.165) is 24.5 Å². The van der Waals surface area contributed by atoms with Gasteiger partial charge in [0.05, 0.1) is 13.2 Å². The number of benzene rings is 1. The summed E-state index contributed by atoms with van der Waals surface area (Å²) in [6.45, 7) is 2.89. The average Bonchev–Trinajstić information content (AvgIpc) is 2.48. The number of piperazine rings is 1. The van der Waals surface area contributed by atoms with Crippen molar-refractivity contribution in [2.75, 3.05) is 38.2 Å². The number of carbonyl (C=O) groups excluding carboxylic acids is 1. The molecule has 0 saturated carbocycles. The van der Waals surface area contributed by atoms with E-state index in [2.05, 4.69) is 4.90 Å². The normalized spacial score (nSPS) is 14.9. The first-order valence-electron chi connectivity index (χ1n) is 6.28. The zero-order chi connectivity index (χ0) is 13.7. The lowest BCUT2D eigenvalue weighted by molar-refractivity contribution is -0.130.